The first-order valence-corrected chi connectivity index (χ1v) is 9.87. The molecule has 6 nitrogen and oxygen atoms in total. The molecule has 0 bridgehead atoms. The van der Waals surface area contributed by atoms with Gasteiger partial charge in [0.1, 0.15) is 18.3 Å². The molecule has 1 aromatic carbocycles. The minimum atomic E-state index is -0.108. The maximum atomic E-state index is 12.9. The molecule has 4 rings (SSSR count). The molecule has 1 aliphatic heterocycles. The molecule has 0 saturated carbocycles. The number of halogens is 1. The predicted octanol–water partition coefficient (Wildman–Crippen LogP) is 4.10. The number of carbonyl (C=O) groups is 1. The Balaban J connectivity index is 1.46. The van der Waals surface area contributed by atoms with Crippen molar-refractivity contribution in [2.75, 3.05) is 6.54 Å². The molecule has 0 N–H and O–H groups in total. The fourth-order valence-corrected chi connectivity index (χ4v) is 3.86. The summed E-state index contributed by atoms with van der Waals surface area (Å²) in [6, 6.07) is 9.55. The highest BCUT2D eigenvalue weighted by molar-refractivity contribution is 6.30. The van der Waals surface area contributed by atoms with E-state index in [0.29, 0.717) is 17.3 Å². The highest BCUT2D eigenvalue weighted by Crippen LogP contribution is 2.32. The number of amides is 1. The zero-order valence-corrected chi connectivity index (χ0v) is 16.8. The van der Waals surface area contributed by atoms with Crippen LogP contribution >= 0.6 is 11.6 Å². The van der Waals surface area contributed by atoms with Crippen molar-refractivity contribution in [3.05, 3.63) is 70.2 Å². The van der Waals surface area contributed by atoms with Gasteiger partial charge in [0, 0.05) is 23.7 Å². The van der Waals surface area contributed by atoms with Crippen LogP contribution in [0.25, 0.3) is 0 Å². The molecule has 2 aromatic heterocycles. The van der Waals surface area contributed by atoms with Crippen molar-refractivity contribution in [2.45, 2.75) is 45.7 Å². The van der Waals surface area contributed by atoms with Crippen molar-refractivity contribution in [3.63, 3.8) is 0 Å². The van der Waals surface area contributed by atoms with E-state index < -0.39 is 0 Å². The number of hydrogen-bond donors (Lipinski definition) is 0. The first-order chi connectivity index (χ1) is 13.5. The third kappa shape index (κ3) is 3.97. The number of carbonyl (C=O) groups excluding carboxylic acids is 1. The lowest BCUT2D eigenvalue weighted by molar-refractivity contribution is -0.133. The van der Waals surface area contributed by atoms with Crippen LogP contribution in [0.5, 0.6) is 0 Å². The molecule has 3 aromatic rings. The van der Waals surface area contributed by atoms with Gasteiger partial charge >= 0.3 is 0 Å². The van der Waals surface area contributed by atoms with Crippen molar-refractivity contribution in [1.82, 2.24) is 19.7 Å². The normalized spacial score (nSPS) is 16.7. The molecule has 28 heavy (non-hydrogen) atoms. The highest BCUT2D eigenvalue weighted by Gasteiger charge is 2.33. The van der Waals surface area contributed by atoms with Gasteiger partial charge in [-0.2, -0.15) is 5.10 Å². The number of nitrogens with zero attached hydrogens (tertiary/aromatic N) is 4. The summed E-state index contributed by atoms with van der Waals surface area (Å²) < 4.78 is 7.76. The first-order valence-electron chi connectivity index (χ1n) is 9.49. The fourth-order valence-electron chi connectivity index (χ4n) is 3.74. The third-order valence-electron chi connectivity index (χ3n) is 5.11. The van der Waals surface area contributed by atoms with Gasteiger partial charge in [-0.05, 0) is 50.5 Å². The number of rotatable bonds is 5. The molecule has 7 heteroatoms. The second-order valence-electron chi connectivity index (χ2n) is 7.30. The van der Waals surface area contributed by atoms with E-state index in [1.807, 2.05) is 49.1 Å². The van der Waals surface area contributed by atoms with Crippen molar-refractivity contribution >= 4 is 17.5 Å². The quantitative estimate of drug-likeness (QED) is 0.649. The second-order valence-corrected chi connectivity index (χ2v) is 7.73. The summed E-state index contributed by atoms with van der Waals surface area (Å²) in [6.45, 7) is 4.86. The van der Waals surface area contributed by atoms with Crippen LogP contribution in [0.4, 0.5) is 0 Å². The Hall–Kier alpha value is -2.60. The summed E-state index contributed by atoms with van der Waals surface area (Å²) in [5.74, 6) is 1.45. The number of oxazole rings is 1. The van der Waals surface area contributed by atoms with E-state index in [-0.39, 0.29) is 18.5 Å². The van der Waals surface area contributed by atoms with E-state index in [4.69, 9.17) is 16.0 Å². The van der Waals surface area contributed by atoms with Gasteiger partial charge in [0.2, 0.25) is 11.8 Å². The second kappa shape index (κ2) is 7.80. The maximum absolute atomic E-state index is 12.9. The molecule has 1 aliphatic rings. The van der Waals surface area contributed by atoms with Crippen LogP contribution in [-0.4, -0.2) is 32.1 Å². The van der Waals surface area contributed by atoms with Crippen LogP contribution in [0.1, 0.15) is 47.5 Å². The molecule has 1 atom stereocenters. The summed E-state index contributed by atoms with van der Waals surface area (Å²) in [4.78, 5) is 19.2. The van der Waals surface area contributed by atoms with Crippen LogP contribution in [-0.2, 0) is 17.8 Å². The topological polar surface area (TPSA) is 64.2 Å². The van der Waals surface area contributed by atoms with Gasteiger partial charge in [-0.25, -0.2) is 4.98 Å². The molecule has 0 spiro atoms. The highest BCUT2D eigenvalue weighted by atomic mass is 35.5. The number of aryl methyl sites for hydroxylation is 2. The number of benzene rings is 1. The lowest BCUT2D eigenvalue weighted by Crippen LogP contribution is -2.34. The van der Waals surface area contributed by atoms with E-state index in [0.717, 1.165) is 42.1 Å². The molecular weight excluding hydrogens is 376 g/mol. The molecular formula is C21H23ClN4O2. The van der Waals surface area contributed by atoms with Gasteiger partial charge in [0.25, 0.3) is 0 Å². The van der Waals surface area contributed by atoms with Gasteiger partial charge in [0.05, 0.1) is 11.9 Å². The van der Waals surface area contributed by atoms with Crippen LogP contribution in [0.15, 0.2) is 40.9 Å². The fraction of sp³-hybridized carbons (Fsp3) is 0.381. The van der Waals surface area contributed by atoms with Crippen LogP contribution in [0.2, 0.25) is 5.02 Å². The zero-order valence-electron chi connectivity index (χ0n) is 16.1. The van der Waals surface area contributed by atoms with Crippen LogP contribution < -0.4 is 0 Å². The Kier molecular flexibility index (Phi) is 5.22. The number of hydrogen-bond acceptors (Lipinski definition) is 4. The minimum absolute atomic E-state index is 0.0474. The Morgan fingerprint density at radius 2 is 2.07 bits per heavy atom. The molecule has 1 fully saturated rings. The molecule has 1 saturated heterocycles. The number of likely N-dealkylation sites (tertiary alicyclic amines) is 1. The summed E-state index contributed by atoms with van der Waals surface area (Å²) >= 11 is 5.94. The number of aromatic nitrogens is 3. The van der Waals surface area contributed by atoms with E-state index >= 15 is 0 Å². The summed E-state index contributed by atoms with van der Waals surface area (Å²) in [5, 5.41) is 5.11. The monoisotopic (exact) mass is 398 g/mol. The van der Waals surface area contributed by atoms with E-state index in [1.165, 1.54) is 0 Å². The zero-order chi connectivity index (χ0) is 19.7. The van der Waals surface area contributed by atoms with Gasteiger partial charge in [-0.1, -0.05) is 23.7 Å². The van der Waals surface area contributed by atoms with Crippen molar-refractivity contribution in [2.24, 2.45) is 0 Å². The average molecular weight is 399 g/mol. The Labute approximate surface area is 169 Å². The molecule has 0 unspecified atom stereocenters. The van der Waals surface area contributed by atoms with Crippen molar-refractivity contribution in [3.8, 4) is 0 Å². The lowest BCUT2D eigenvalue weighted by atomic mass is 10.1. The molecule has 0 radical (unpaired) electrons. The molecule has 3 heterocycles. The third-order valence-corrected chi connectivity index (χ3v) is 5.36. The van der Waals surface area contributed by atoms with Gasteiger partial charge in [-0.15, -0.1) is 0 Å². The largest absolute Gasteiger partial charge is 0.443 e. The van der Waals surface area contributed by atoms with E-state index in [9.17, 15) is 4.79 Å². The summed E-state index contributed by atoms with van der Waals surface area (Å²) in [7, 11) is 0. The van der Waals surface area contributed by atoms with Crippen LogP contribution in [0.3, 0.4) is 0 Å². The summed E-state index contributed by atoms with van der Waals surface area (Å²) in [5.41, 5.74) is 3.02. The minimum Gasteiger partial charge on any atom is -0.443 e. The van der Waals surface area contributed by atoms with Gasteiger partial charge in [-0.3, -0.25) is 9.48 Å². The standard InChI is InChI=1S/C21H23ClN4O2/c1-14-10-15(2)26(24-14)13-20(27)25-9-3-4-19(25)21-23-12-18(28-21)11-16-5-7-17(22)8-6-16/h5-8,10,12,19H,3-4,9,11,13H2,1-2H3/t19-/m0/s1. The first kappa shape index (κ1) is 18.7. The van der Waals surface area contributed by atoms with Crippen LogP contribution in [0, 0.1) is 13.8 Å². The van der Waals surface area contributed by atoms with Crippen molar-refractivity contribution in [1.29, 1.82) is 0 Å². The predicted molar refractivity (Wildman–Crippen MR) is 106 cm³/mol. The maximum Gasteiger partial charge on any atom is 0.244 e. The molecule has 1 amide bonds. The molecule has 0 aliphatic carbocycles. The Morgan fingerprint density at radius 1 is 1.29 bits per heavy atom. The smallest absolute Gasteiger partial charge is 0.244 e. The van der Waals surface area contributed by atoms with E-state index in [1.54, 1.807) is 10.9 Å². The summed E-state index contributed by atoms with van der Waals surface area (Å²) in [6.07, 6.45) is 4.22. The van der Waals surface area contributed by atoms with Crippen molar-refractivity contribution < 1.29 is 9.21 Å². The van der Waals surface area contributed by atoms with Gasteiger partial charge in [0.15, 0.2) is 0 Å². The Morgan fingerprint density at radius 3 is 2.79 bits per heavy atom. The van der Waals surface area contributed by atoms with Gasteiger partial charge < -0.3 is 9.32 Å². The van der Waals surface area contributed by atoms with E-state index in [2.05, 4.69) is 10.1 Å². The molecule has 146 valence electrons. The average Bonchev–Trinajstić information content (AvgIpc) is 3.37. The Bertz CT molecular complexity index is 977. The SMILES string of the molecule is Cc1cc(C)n(CC(=O)N2CCC[C@H]2c2ncc(Cc3ccc(Cl)cc3)o2)n1. The lowest BCUT2D eigenvalue weighted by Gasteiger charge is -2.22.